The molecule has 1 aliphatic carbocycles. The molecule has 1 saturated heterocycles. The van der Waals surface area contributed by atoms with Gasteiger partial charge in [-0.1, -0.05) is 30.3 Å². The summed E-state index contributed by atoms with van der Waals surface area (Å²) in [5, 5.41) is 3.09. The Morgan fingerprint density at radius 1 is 1.12 bits per heavy atom. The maximum Gasteiger partial charge on any atom is 0.410 e. The van der Waals surface area contributed by atoms with Crippen LogP contribution in [0.3, 0.4) is 0 Å². The van der Waals surface area contributed by atoms with E-state index in [9.17, 15) is 14.4 Å². The SMILES string of the molecule is CN(C(=O)OCc1ccccc1)C(C)(C)C(=O)NC1CCC(C(N)C(=O)N2CCCC2)CC1. The van der Waals surface area contributed by atoms with Gasteiger partial charge in [-0.15, -0.1) is 0 Å². The van der Waals surface area contributed by atoms with Crippen LogP contribution in [0.4, 0.5) is 4.79 Å². The molecule has 1 aliphatic heterocycles. The van der Waals surface area contributed by atoms with Gasteiger partial charge in [0.2, 0.25) is 11.8 Å². The molecule has 1 unspecified atom stereocenters. The lowest BCUT2D eigenvalue weighted by atomic mass is 9.81. The van der Waals surface area contributed by atoms with Gasteiger partial charge in [0.1, 0.15) is 12.1 Å². The lowest BCUT2D eigenvalue weighted by Gasteiger charge is -2.37. The molecule has 1 aromatic carbocycles. The molecule has 0 bridgehead atoms. The van der Waals surface area contributed by atoms with Crippen molar-refractivity contribution in [2.24, 2.45) is 11.7 Å². The van der Waals surface area contributed by atoms with E-state index >= 15 is 0 Å². The molecule has 0 radical (unpaired) electrons. The van der Waals surface area contributed by atoms with Crippen molar-refractivity contribution in [2.75, 3.05) is 20.1 Å². The van der Waals surface area contributed by atoms with Gasteiger partial charge >= 0.3 is 6.09 Å². The van der Waals surface area contributed by atoms with Gasteiger partial charge in [-0.05, 0) is 63.9 Å². The minimum Gasteiger partial charge on any atom is -0.445 e. The van der Waals surface area contributed by atoms with Gasteiger partial charge in [0, 0.05) is 26.2 Å². The van der Waals surface area contributed by atoms with Crippen molar-refractivity contribution in [3.8, 4) is 0 Å². The van der Waals surface area contributed by atoms with Crippen LogP contribution in [0.5, 0.6) is 0 Å². The van der Waals surface area contributed by atoms with Gasteiger partial charge in [-0.3, -0.25) is 14.5 Å². The number of nitrogens with one attached hydrogen (secondary N) is 1. The topological polar surface area (TPSA) is 105 Å². The summed E-state index contributed by atoms with van der Waals surface area (Å²) >= 11 is 0. The fraction of sp³-hybridized carbons (Fsp3) is 0.640. The predicted octanol–water partition coefficient (Wildman–Crippen LogP) is 2.66. The second kappa shape index (κ2) is 11.0. The normalized spacial score (nSPS) is 21.9. The summed E-state index contributed by atoms with van der Waals surface area (Å²) in [6.07, 6.45) is 4.73. The summed E-state index contributed by atoms with van der Waals surface area (Å²) < 4.78 is 5.38. The van der Waals surface area contributed by atoms with E-state index in [1.54, 1.807) is 20.9 Å². The number of hydrogen-bond donors (Lipinski definition) is 2. The van der Waals surface area contributed by atoms with Crippen molar-refractivity contribution >= 4 is 17.9 Å². The molecule has 33 heavy (non-hydrogen) atoms. The van der Waals surface area contributed by atoms with Gasteiger partial charge in [0.05, 0.1) is 6.04 Å². The third kappa shape index (κ3) is 6.25. The van der Waals surface area contributed by atoms with Crippen LogP contribution in [0.1, 0.15) is 57.9 Å². The summed E-state index contributed by atoms with van der Waals surface area (Å²) in [5.41, 5.74) is 6.12. The molecule has 8 nitrogen and oxygen atoms in total. The van der Waals surface area contributed by atoms with Crippen molar-refractivity contribution < 1.29 is 19.1 Å². The van der Waals surface area contributed by atoms with E-state index in [1.165, 1.54) is 4.90 Å². The fourth-order valence-corrected chi connectivity index (χ4v) is 4.53. The van der Waals surface area contributed by atoms with Crippen LogP contribution in [-0.2, 0) is 20.9 Å². The molecule has 3 rings (SSSR count). The second-order valence-corrected chi connectivity index (χ2v) is 9.80. The first-order valence-corrected chi connectivity index (χ1v) is 12.0. The molecule has 1 aromatic rings. The zero-order valence-electron chi connectivity index (χ0n) is 20.1. The highest BCUT2D eigenvalue weighted by Gasteiger charge is 2.39. The Hall–Kier alpha value is -2.61. The van der Waals surface area contributed by atoms with Crippen molar-refractivity contribution in [1.82, 2.24) is 15.1 Å². The number of likely N-dealkylation sites (N-methyl/N-ethyl adjacent to an activating group) is 1. The number of likely N-dealkylation sites (tertiary alicyclic amines) is 1. The average Bonchev–Trinajstić information content (AvgIpc) is 3.37. The predicted molar refractivity (Wildman–Crippen MR) is 126 cm³/mol. The third-order valence-electron chi connectivity index (χ3n) is 7.19. The van der Waals surface area contributed by atoms with Crippen LogP contribution >= 0.6 is 0 Å². The Balaban J connectivity index is 1.45. The molecule has 8 heteroatoms. The zero-order chi connectivity index (χ0) is 24.0. The van der Waals surface area contributed by atoms with E-state index in [0.717, 1.165) is 57.2 Å². The molecule has 182 valence electrons. The van der Waals surface area contributed by atoms with E-state index < -0.39 is 17.7 Å². The molecule has 2 fully saturated rings. The van der Waals surface area contributed by atoms with E-state index in [1.807, 2.05) is 35.2 Å². The number of hydrogen-bond acceptors (Lipinski definition) is 5. The highest BCUT2D eigenvalue weighted by Crippen LogP contribution is 2.28. The molecule has 3 N–H and O–H groups in total. The fourth-order valence-electron chi connectivity index (χ4n) is 4.53. The number of carbonyl (C=O) groups excluding carboxylic acids is 3. The number of amides is 3. The van der Waals surface area contributed by atoms with Gasteiger partial charge in [-0.25, -0.2) is 4.79 Å². The maximum atomic E-state index is 13.0. The molecule has 1 atom stereocenters. The van der Waals surface area contributed by atoms with Crippen LogP contribution < -0.4 is 11.1 Å². The molecule has 0 spiro atoms. The van der Waals surface area contributed by atoms with E-state index in [2.05, 4.69) is 5.32 Å². The quantitative estimate of drug-likeness (QED) is 0.654. The molecular formula is C25H38N4O4. The van der Waals surface area contributed by atoms with E-state index in [-0.39, 0.29) is 30.4 Å². The number of benzene rings is 1. The molecular weight excluding hydrogens is 420 g/mol. The Morgan fingerprint density at radius 2 is 1.73 bits per heavy atom. The van der Waals surface area contributed by atoms with Gasteiger partial charge in [0.15, 0.2) is 0 Å². The number of nitrogens with zero attached hydrogens (tertiary/aromatic N) is 2. The van der Waals surface area contributed by atoms with E-state index in [0.29, 0.717) is 0 Å². The molecule has 1 heterocycles. The first-order chi connectivity index (χ1) is 15.7. The average molecular weight is 459 g/mol. The summed E-state index contributed by atoms with van der Waals surface area (Å²) in [7, 11) is 1.58. The number of rotatable bonds is 7. The number of ether oxygens (including phenoxy) is 1. The molecule has 1 saturated carbocycles. The Kier molecular flexibility index (Phi) is 8.35. The van der Waals surface area contributed by atoms with E-state index in [4.69, 9.17) is 10.5 Å². The summed E-state index contributed by atoms with van der Waals surface area (Å²) in [6, 6.07) is 8.98. The lowest BCUT2D eigenvalue weighted by molar-refractivity contribution is -0.134. The summed E-state index contributed by atoms with van der Waals surface area (Å²) in [5.74, 6) is -0.00536. The summed E-state index contributed by atoms with van der Waals surface area (Å²) in [4.78, 5) is 41.3. The number of nitrogens with two attached hydrogens (primary N) is 1. The number of carbonyl (C=O) groups is 3. The van der Waals surface area contributed by atoms with Crippen molar-refractivity contribution in [2.45, 2.75) is 76.6 Å². The Labute approximate surface area is 196 Å². The van der Waals surface area contributed by atoms with Crippen LogP contribution in [-0.4, -0.2) is 65.5 Å². The van der Waals surface area contributed by atoms with Crippen molar-refractivity contribution in [3.63, 3.8) is 0 Å². The van der Waals surface area contributed by atoms with Crippen molar-refractivity contribution in [3.05, 3.63) is 35.9 Å². The van der Waals surface area contributed by atoms with Crippen LogP contribution in [0.25, 0.3) is 0 Å². The molecule has 3 amide bonds. The largest absolute Gasteiger partial charge is 0.445 e. The smallest absolute Gasteiger partial charge is 0.410 e. The third-order valence-corrected chi connectivity index (χ3v) is 7.19. The Bertz CT molecular complexity index is 815. The van der Waals surface area contributed by atoms with Crippen LogP contribution in [0.15, 0.2) is 30.3 Å². The van der Waals surface area contributed by atoms with Crippen molar-refractivity contribution in [1.29, 1.82) is 0 Å². The molecule has 2 aliphatic rings. The molecule has 0 aromatic heterocycles. The second-order valence-electron chi connectivity index (χ2n) is 9.80. The minimum absolute atomic E-state index is 0.0100. The first kappa shape index (κ1) is 25.0. The van der Waals surface area contributed by atoms with Gasteiger partial charge < -0.3 is 20.7 Å². The minimum atomic E-state index is -1.06. The monoisotopic (exact) mass is 458 g/mol. The van der Waals surface area contributed by atoms with Crippen LogP contribution in [0, 0.1) is 5.92 Å². The Morgan fingerprint density at radius 3 is 2.33 bits per heavy atom. The maximum absolute atomic E-state index is 13.0. The van der Waals surface area contributed by atoms with Crippen LogP contribution in [0.2, 0.25) is 0 Å². The standard InChI is InChI=1S/C25H38N4O4/c1-25(2,28(3)24(32)33-17-18-9-5-4-6-10-18)23(31)27-20-13-11-19(12-14-20)21(26)22(30)29-15-7-8-16-29/h4-6,9-10,19-21H,7-8,11-17,26H2,1-3H3,(H,27,31). The van der Waals surface area contributed by atoms with Gasteiger partial charge in [-0.2, -0.15) is 0 Å². The van der Waals surface area contributed by atoms with Gasteiger partial charge in [0.25, 0.3) is 0 Å². The first-order valence-electron chi connectivity index (χ1n) is 12.0. The highest BCUT2D eigenvalue weighted by atomic mass is 16.6. The highest BCUT2D eigenvalue weighted by molar-refractivity contribution is 5.89. The summed E-state index contributed by atoms with van der Waals surface area (Å²) in [6.45, 7) is 5.20. The zero-order valence-corrected chi connectivity index (χ0v) is 20.1. The lowest BCUT2D eigenvalue weighted by Crippen LogP contribution is -2.58.